The third-order valence-electron chi connectivity index (χ3n) is 4.99. The Morgan fingerprint density at radius 1 is 1.15 bits per heavy atom. The first-order valence-electron chi connectivity index (χ1n) is 9.13. The van der Waals surface area contributed by atoms with Crippen molar-refractivity contribution in [2.45, 2.75) is 13.0 Å². The predicted octanol–water partition coefficient (Wildman–Crippen LogP) is 3.04. The van der Waals surface area contributed by atoms with E-state index in [0.29, 0.717) is 25.3 Å². The van der Waals surface area contributed by atoms with Crippen LogP contribution in [0.1, 0.15) is 16.1 Å². The van der Waals surface area contributed by atoms with Crippen LogP contribution in [0.3, 0.4) is 0 Å². The molecular formula is C22H22N2O3. The first-order chi connectivity index (χ1) is 13.2. The molecule has 1 N–H and O–H groups in total. The highest BCUT2D eigenvalue weighted by molar-refractivity contribution is 5.95. The molecule has 0 saturated carbocycles. The minimum absolute atomic E-state index is 0.0675. The van der Waals surface area contributed by atoms with Crippen LogP contribution in [-0.4, -0.2) is 53.3 Å². The number of nitrogens with zero attached hydrogens (tertiary/aromatic N) is 2. The molecule has 5 heteroatoms. The number of carbonyl (C=O) groups is 1. The van der Waals surface area contributed by atoms with Gasteiger partial charge in [0, 0.05) is 23.2 Å². The predicted molar refractivity (Wildman–Crippen MR) is 105 cm³/mol. The van der Waals surface area contributed by atoms with Gasteiger partial charge in [-0.3, -0.25) is 9.78 Å². The summed E-state index contributed by atoms with van der Waals surface area (Å²) in [6.07, 6.45) is 0. The van der Waals surface area contributed by atoms with Crippen molar-refractivity contribution >= 4 is 16.8 Å². The fourth-order valence-corrected chi connectivity index (χ4v) is 3.45. The summed E-state index contributed by atoms with van der Waals surface area (Å²) in [4.78, 5) is 19.0. The van der Waals surface area contributed by atoms with Crippen LogP contribution >= 0.6 is 0 Å². The van der Waals surface area contributed by atoms with Gasteiger partial charge in [-0.05, 0) is 48.4 Å². The average molecular weight is 362 g/mol. The first-order valence-corrected chi connectivity index (χ1v) is 9.13. The quantitative estimate of drug-likeness (QED) is 0.778. The third-order valence-corrected chi connectivity index (χ3v) is 4.99. The summed E-state index contributed by atoms with van der Waals surface area (Å²) < 4.78 is 5.35. The summed E-state index contributed by atoms with van der Waals surface area (Å²) >= 11 is 0. The molecule has 2 aromatic carbocycles. The second kappa shape index (κ2) is 7.47. The Bertz CT molecular complexity index is 969. The van der Waals surface area contributed by atoms with Gasteiger partial charge in [-0.15, -0.1) is 0 Å². The number of aliphatic hydroxyl groups excluding tert-OH is 1. The highest BCUT2D eigenvalue weighted by atomic mass is 16.5. The molecule has 1 fully saturated rings. The van der Waals surface area contributed by atoms with E-state index in [-0.39, 0.29) is 18.6 Å². The summed E-state index contributed by atoms with van der Waals surface area (Å²) in [6.45, 7) is 3.28. The van der Waals surface area contributed by atoms with Gasteiger partial charge in [0.2, 0.25) is 0 Å². The topological polar surface area (TPSA) is 62.7 Å². The lowest BCUT2D eigenvalue weighted by molar-refractivity contribution is -0.0183. The fraction of sp³-hybridized carbons (Fsp3) is 0.273. The van der Waals surface area contributed by atoms with Crippen LogP contribution < -0.4 is 0 Å². The molecule has 1 aliphatic rings. The molecular weight excluding hydrogens is 340 g/mol. The zero-order chi connectivity index (χ0) is 18.8. The molecule has 1 saturated heterocycles. The number of hydrogen-bond donors (Lipinski definition) is 1. The minimum Gasteiger partial charge on any atom is -0.394 e. The Balaban J connectivity index is 1.58. The van der Waals surface area contributed by atoms with E-state index >= 15 is 0 Å². The molecule has 1 aromatic heterocycles. The van der Waals surface area contributed by atoms with Crippen molar-refractivity contribution < 1.29 is 14.6 Å². The number of benzene rings is 2. The Hall–Kier alpha value is -2.76. The number of aliphatic hydroxyl groups is 1. The van der Waals surface area contributed by atoms with E-state index in [0.717, 1.165) is 27.7 Å². The van der Waals surface area contributed by atoms with Crippen molar-refractivity contribution in [3.63, 3.8) is 0 Å². The van der Waals surface area contributed by atoms with Crippen molar-refractivity contribution in [1.82, 2.24) is 9.88 Å². The Morgan fingerprint density at radius 2 is 1.93 bits per heavy atom. The summed E-state index contributed by atoms with van der Waals surface area (Å²) in [7, 11) is 0. The number of aryl methyl sites for hydroxylation is 1. The molecule has 0 spiro atoms. The van der Waals surface area contributed by atoms with Crippen LogP contribution in [0.5, 0.6) is 0 Å². The lowest BCUT2D eigenvalue weighted by Gasteiger charge is -2.34. The number of aromatic nitrogens is 1. The molecule has 3 aromatic rings. The lowest BCUT2D eigenvalue weighted by Crippen LogP contribution is -2.50. The summed E-state index contributed by atoms with van der Waals surface area (Å²) in [5.41, 5.74) is 4.74. The van der Waals surface area contributed by atoms with Crippen LogP contribution in [0.2, 0.25) is 0 Å². The number of rotatable bonds is 3. The summed E-state index contributed by atoms with van der Waals surface area (Å²) in [5.74, 6) is -0.0675. The lowest BCUT2D eigenvalue weighted by atomic mass is 10.0. The van der Waals surface area contributed by atoms with E-state index in [1.807, 2.05) is 43.3 Å². The highest BCUT2D eigenvalue weighted by Gasteiger charge is 2.27. The van der Waals surface area contributed by atoms with Crippen LogP contribution in [0.15, 0.2) is 54.6 Å². The molecule has 138 valence electrons. The molecule has 0 aliphatic carbocycles. The fourth-order valence-electron chi connectivity index (χ4n) is 3.45. The van der Waals surface area contributed by atoms with Gasteiger partial charge < -0.3 is 14.7 Å². The molecule has 1 unspecified atom stereocenters. The van der Waals surface area contributed by atoms with Gasteiger partial charge >= 0.3 is 0 Å². The van der Waals surface area contributed by atoms with E-state index in [1.165, 1.54) is 0 Å². The van der Waals surface area contributed by atoms with Crippen molar-refractivity contribution in [1.29, 1.82) is 0 Å². The number of carbonyl (C=O) groups excluding carboxylic acids is 1. The van der Waals surface area contributed by atoms with Crippen molar-refractivity contribution in [2.75, 3.05) is 26.4 Å². The van der Waals surface area contributed by atoms with E-state index in [4.69, 9.17) is 4.74 Å². The molecule has 2 heterocycles. The van der Waals surface area contributed by atoms with E-state index in [2.05, 4.69) is 23.2 Å². The van der Waals surface area contributed by atoms with Crippen LogP contribution in [0.25, 0.3) is 22.0 Å². The smallest absolute Gasteiger partial charge is 0.254 e. The summed E-state index contributed by atoms with van der Waals surface area (Å²) in [6, 6.07) is 17.6. The van der Waals surface area contributed by atoms with Gasteiger partial charge in [-0.2, -0.15) is 0 Å². The normalized spacial score (nSPS) is 17.3. The van der Waals surface area contributed by atoms with Crippen LogP contribution in [-0.2, 0) is 4.74 Å². The SMILES string of the molecule is Cc1ccc2cc(-c3ccc(C(=O)N4CCOCC4CO)cc3)ccc2n1. The maximum atomic E-state index is 12.8. The van der Waals surface area contributed by atoms with Gasteiger partial charge in [0.05, 0.1) is 31.4 Å². The number of hydrogen-bond acceptors (Lipinski definition) is 4. The van der Waals surface area contributed by atoms with E-state index < -0.39 is 0 Å². The maximum absolute atomic E-state index is 12.8. The Morgan fingerprint density at radius 3 is 2.70 bits per heavy atom. The minimum atomic E-state index is -0.276. The Kier molecular flexibility index (Phi) is 4.88. The highest BCUT2D eigenvalue weighted by Crippen LogP contribution is 2.25. The first kappa shape index (κ1) is 17.6. The van der Waals surface area contributed by atoms with Crippen LogP contribution in [0, 0.1) is 6.92 Å². The average Bonchev–Trinajstić information content (AvgIpc) is 2.73. The van der Waals surface area contributed by atoms with E-state index in [1.54, 1.807) is 4.90 Å². The zero-order valence-electron chi connectivity index (χ0n) is 15.3. The third kappa shape index (κ3) is 3.56. The van der Waals surface area contributed by atoms with Gasteiger partial charge in [0.15, 0.2) is 0 Å². The molecule has 27 heavy (non-hydrogen) atoms. The van der Waals surface area contributed by atoms with Crippen molar-refractivity contribution in [3.8, 4) is 11.1 Å². The van der Waals surface area contributed by atoms with Gasteiger partial charge in [0.1, 0.15) is 0 Å². The van der Waals surface area contributed by atoms with Gasteiger partial charge in [0.25, 0.3) is 5.91 Å². The number of fused-ring (bicyclic) bond motifs is 1. The molecule has 5 nitrogen and oxygen atoms in total. The number of morpholine rings is 1. The molecule has 0 radical (unpaired) electrons. The number of ether oxygens (including phenoxy) is 1. The maximum Gasteiger partial charge on any atom is 0.254 e. The molecule has 1 atom stereocenters. The van der Waals surface area contributed by atoms with Gasteiger partial charge in [-0.25, -0.2) is 0 Å². The summed E-state index contributed by atoms with van der Waals surface area (Å²) in [5, 5.41) is 10.6. The standard InChI is InChI=1S/C22H22N2O3/c1-15-2-3-19-12-18(8-9-21(19)23-15)16-4-6-17(7-5-16)22(26)24-10-11-27-14-20(24)13-25/h2-9,12,20,25H,10-11,13-14H2,1H3. The molecule has 0 bridgehead atoms. The second-order valence-electron chi connectivity index (χ2n) is 6.85. The largest absolute Gasteiger partial charge is 0.394 e. The molecule has 4 rings (SSSR count). The van der Waals surface area contributed by atoms with Crippen molar-refractivity contribution in [2.24, 2.45) is 0 Å². The van der Waals surface area contributed by atoms with Crippen molar-refractivity contribution in [3.05, 3.63) is 65.9 Å². The zero-order valence-corrected chi connectivity index (χ0v) is 15.3. The molecule has 1 aliphatic heterocycles. The second-order valence-corrected chi connectivity index (χ2v) is 6.85. The van der Waals surface area contributed by atoms with Crippen LogP contribution in [0.4, 0.5) is 0 Å². The monoisotopic (exact) mass is 362 g/mol. The Labute approximate surface area is 158 Å². The molecule has 1 amide bonds. The number of pyridine rings is 1. The van der Waals surface area contributed by atoms with E-state index in [9.17, 15) is 9.90 Å². The van der Waals surface area contributed by atoms with Gasteiger partial charge in [-0.1, -0.05) is 24.3 Å². The number of amides is 1.